The van der Waals surface area contributed by atoms with Gasteiger partial charge in [-0.2, -0.15) is 10.4 Å². The number of carboxylic acid groups (broad SMARTS) is 1. The molecule has 1 saturated carbocycles. The third kappa shape index (κ3) is 4.81. The van der Waals surface area contributed by atoms with Gasteiger partial charge in [0, 0.05) is 10.4 Å². The van der Waals surface area contributed by atoms with Gasteiger partial charge in [-0.3, -0.25) is 9.48 Å². The zero-order chi connectivity index (χ0) is 27.9. The van der Waals surface area contributed by atoms with Crippen LogP contribution in [0.1, 0.15) is 50.2 Å². The topological polar surface area (TPSA) is 108 Å². The third-order valence-corrected chi connectivity index (χ3v) is 7.57. The zero-order valence-electron chi connectivity index (χ0n) is 21.3. The summed E-state index contributed by atoms with van der Waals surface area (Å²) in [6.07, 6.45) is 3.26. The number of halogens is 1. The summed E-state index contributed by atoms with van der Waals surface area (Å²) in [7, 11) is 0. The van der Waals surface area contributed by atoms with Gasteiger partial charge in [-0.15, -0.1) is 0 Å². The van der Waals surface area contributed by atoms with Crippen molar-refractivity contribution < 1.29 is 14.7 Å². The Labute approximate surface area is 235 Å². The van der Waals surface area contributed by atoms with E-state index < -0.39 is 11.5 Å². The largest absolute Gasteiger partial charge is 0.478 e. The molecule has 5 aromatic rings. The van der Waals surface area contributed by atoms with Gasteiger partial charge in [-0.05, 0) is 83.6 Å². The number of rotatable bonds is 7. The Morgan fingerprint density at radius 3 is 2.40 bits per heavy atom. The molecule has 1 amide bonds. The second kappa shape index (κ2) is 9.99. The maximum Gasteiger partial charge on any atom is 0.335 e. The van der Waals surface area contributed by atoms with Crippen LogP contribution < -0.4 is 5.32 Å². The van der Waals surface area contributed by atoms with Crippen LogP contribution in [-0.2, 0) is 12.1 Å². The predicted molar refractivity (Wildman–Crippen MR) is 152 cm³/mol. The number of aromatic carboxylic acids is 1. The summed E-state index contributed by atoms with van der Waals surface area (Å²) in [5, 5.41) is 27.7. The molecule has 196 valence electrons. The lowest BCUT2D eigenvalue weighted by molar-refractivity contribution is 0.0696. The lowest BCUT2D eigenvalue weighted by Crippen LogP contribution is -2.35. The standard InChI is InChI=1S/C32H23ClN4O3/c33-27-3-1-2-21(14-27)19-37-29-25(18-35-37)15-24(22-6-4-20(17-34)5-7-22)16-28(29)30(38)36-32(12-13-32)26-10-8-23(9-11-26)31(39)40/h1-11,14-16,18H,12-13,19H2,(H,36,38)(H,39,40). The Kier molecular flexibility index (Phi) is 6.33. The van der Waals surface area contributed by atoms with Gasteiger partial charge in [0.1, 0.15) is 0 Å². The van der Waals surface area contributed by atoms with Crippen LogP contribution in [0.4, 0.5) is 0 Å². The number of carboxylic acids is 1. The van der Waals surface area contributed by atoms with Crippen molar-refractivity contribution in [3.05, 3.63) is 124 Å². The van der Waals surface area contributed by atoms with Crippen molar-refractivity contribution >= 4 is 34.4 Å². The number of fused-ring (bicyclic) bond motifs is 1. The van der Waals surface area contributed by atoms with Crippen molar-refractivity contribution in [3.8, 4) is 17.2 Å². The number of hydrogen-bond donors (Lipinski definition) is 2. The quantitative estimate of drug-likeness (QED) is 0.246. The number of nitrogens with one attached hydrogen (secondary N) is 1. The van der Waals surface area contributed by atoms with Gasteiger partial charge in [-0.1, -0.05) is 48.0 Å². The summed E-state index contributed by atoms with van der Waals surface area (Å²) in [6.45, 7) is 0.433. The van der Waals surface area contributed by atoms with Crippen LogP contribution in [0.5, 0.6) is 0 Å². The van der Waals surface area contributed by atoms with Gasteiger partial charge >= 0.3 is 5.97 Å². The van der Waals surface area contributed by atoms with Crippen molar-refractivity contribution in [3.63, 3.8) is 0 Å². The van der Waals surface area contributed by atoms with E-state index in [2.05, 4.69) is 16.5 Å². The molecule has 2 N–H and O–H groups in total. The number of nitriles is 1. The Morgan fingerprint density at radius 1 is 1.00 bits per heavy atom. The van der Waals surface area contributed by atoms with E-state index in [0.717, 1.165) is 40.5 Å². The maximum atomic E-state index is 14.0. The summed E-state index contributed by atoms with van der Waals surface area (Å²) in [6, 6.07) is 27.4. The second-order valence-corrected chi connectivity index (χ2v) is 10.4. The molecule has 0 bridgehead atoms. The van der Waals surface area contributed by atoms with Gasteiger partial charge < -0.3 is 10.4 Å². The molecule has 0 aliphatic heterocycles. The molecule has 0 unspecified atom stereocenters. The molecule has 6 rings (SSSR count). The minimum absolute atomic E-state index is 0.201. The van der Waals surface area contributed by atoms with Crippen molar-refractivity contribution in [1.82, 2.24) is 15.1 Å². The van der Waals surface area contributed by atoms with Gasteiger partial charge in [0.25, 0.3) is 5.91 Å². The first-order chi connectivity index (χ1) is 19.3. The zero-order valence-corrected chi connectivity index (χ0v) is 22.0. The van der Waals surface area contributed by atoms with E-state index in [0.29, 0.717) is 28.2 Å². The fourth-order valence-corrected chi connectivity index (χ4v) is 5.28. The fourth-order valence-electron chi connectivity index (χ4n) is 5.07. The van der Waals surface area contributed by atoms with Crippen LogP contribution in [0.25, 0.3) is 22.0 Å². The number of nitrogens with zero attached hydrogens (tertiary/aromatic N) is 3. The normalized spacial score (nSPS) is 13.5. The number of aromatic nitrogens is 2. The lowest BCUT2D eigenvalue weighted by Gasteiger charge is -2.19. The molecule has 4 aromatic carbocycles. The number of carbonyl (C=O) groups excluding carboxylic acids is 1. The van der Waals surface area contributed by atoms with Crippen LogP contribution in [-0.4, -0.2) is 26.8 Å². The third-order valence-electron chi connectivity index (χ3n) is 7.33. The van der Waals surface area contributed by atoms with Gasteiger partial charge in [-0.25, -0.2) is 4.79 Å². The Morgan fingerprint density at radius 2 is 1.75 bits per heavy atom. The number of carbonyl (C=O) groups is 2. The molecule has 1 heterocycles. The number of hydrogen-bond acceptors (Lipinski definition) is 4. The summed E-state index contributed by atoms with van der Waals surface area (Å²) in [4.78, 5) is 25.3. The van der Waals surface area contributed by atoms with E-state index in [1.54, 1.807) is 47.3 Å². The molecule has 0 saturated heterocycles. The summed E-state index contributed by atoms with van der Waals surface area (Å²) >= 11 is 6.21. The molecule has 1 fully saturated rings. The van der Waals surface area contributed by atoms with Crippen molar-refractivity contribution in [2.75, 3.05) is 0 Å². The van der Waals surface area contributed by atoms with E-state index in [1.807, 2.05) is 48.5 Å². The molecule has 7 nitrogen and oxygen atoms in total. The summed E-state index contributed by atoms with van der Waals surface area (Å²) in [5.41, 5.74) is 4.92. The Bertz CT molecular complexity index is 1810. The van der Waals surface area contributed by atoms with Crippen molar-refractivity contribution in [2.45, 2.75) is 24.9 Å². The molecular weight excluding hydrogens is 524 g/mol. The lowest BCUT2D eigenvalue weighted by atomic mass is 9.98. The Balaban J connectivity index is 1.41. The molecular formula is C32H23ClN4O3. The summed E-state index contributed by atoms with van der Waals surface area (Å²) < 4.78 is 1.81. The highest BCUT2D eigenvalue weighted by Crippen LogP contribution is 2.46. The minimum Gasteiger partial charge on any atom is -0.478 e. The fraction of sp³-hybridized carbons (Fsp3) is 0.125. The monoisotopic (exact) mass is 546 g/mol. The average molecular weight is 547 g/mol. The van der Waals surface area contributed by atoms with E-state index in [4.69, 9.17) is 11.6 Å². The second-order valence-electron chi connectivity index (χ2n) is 10.0. The van der Waals surface area contributed by atoms with E-state index in [1.165, 1.54) is 0 Å². The molecule has 8 heteroatoms. The molecule has 0 spiro atoms. The molecule has 0 radical (unpaired) electrons. The minimum atomic E-state index is -0.990. The van der Waals surface area contributed by atoms with E-state index >= 15 is 0 Å². The van der Waals surface area contributed by atoms with Gasteiger partial charge in [0.05, 0.1) is 46.6 Å². The van der Waals surface area contributed by atoms with Crippen LogP contribution >= 0.6 is 11.6 Å². The van der Waals surface area contributed by atoms with Gasteiger partial charge in [0.2, 0.25) is 0 Å². The highest BCUT2D eigenvalue weighted by molar-refractivity contribution is 6.30. The summed E-state index contributed by atoms with van der Waals surface area (Å²) in [5.74, 6) is -1.23. The smallest absolute Gasteiger partial charge is 0.335 e. The molecule has 1 aromatic heterocycles. The Hall–Kier alpha value is -4.93. The number of benzene rings is 4. The van der Waals surface area contributed by atoms with Crippen LogP contribution in [0.15, 0.2) is 91.1 Å². The first kappa shape index (κ1) is 25.4. The molecule has 1 aliphatic carbocycles. The highest BCUT2D eigenvalue weighted by atomic mass is 35.5. The van der Waals surface area contributed by atoms with E-state index in [9.17, 15) is 20.0 Å². The van der Waals surface area contributed by atoms with Crippen LogP contribution in [0.3, 0.4) is 0 Å². The number of amides is 1. The van der Waals surface area contributed by atoms with Gasteiger partial charge in [0.15, 0.2) is 0 Å². The van der Waals surface area contributed by atoms with Crippen molar-refractivity contribution in [1.29, 1.82) is 5.26 Å². The molecule has 1 aliphatic rings. The van der Waals surface area contributed by atoms with Crippen LogP contribution in [0, 0.1) is 11.3 Å². The van der Waals surface area contributed by atoms with Crippen LogP contribution in [0.2, 0.25) is 5.02 Å². The van der Waals surface area contributed by atoms with Crippen molar-refractivity contribution in [2.24, 2.45) is 0 Å². The highest BCUT2D eigenvalue weighted by Gasteiger charge is 2.46. The molecule has 0 atom stereocenters. The predicted octanol–water partition coefficient (Wildman–Crippen LogP) is 6.39. The maximum absolute atomic E-state index is 14.0. The first-order valence-corrected chi connectivity index (χ1v) is 13.1. The SMILES string of the molecule is N#Cc1ccc(-c2cc(C(=O)NC3(c4ccc(C(=O)O)cc4)CC3)c3c(cnn3Cc3cccc(Cl)c3)c2)cc1. The first-order valence-electron chi connectivity index (χ1n) is 12.8. The average Bonchev–Trinajstić information content (AvgIpc) is 3.64. The molecule has 40 heavy (non-hydrogen) atoms. The van der Waals surface area contributed by atoms with E-state index in [-0.39, 0.29) is 11.5 Å².